The lowest BCUT2D eigenvalue weighted by molar-refractivity contribution is 0.113. The van der Waals surface area contributed by atoms with E-state index in [-0.39, 0.29) is 10.8 Å². The van der Waals surface area contributed by atoms with Crippen molar-refractivity contribution in [3.63, 3.8) is 0 Å². The van der Waals surface area contributed by atoms with E-state index in [1.165, 1.54) is 0 Å². The van der Waals surface area contributed by atoms with Gasteiger partial charge < -0.3 is 14.2 Å². The maximum absolute atomic E-state index is 6.14. The molecule has 0 amide bonds. The molecular weight excluding hydrogens is 287 g/mol. The van der Waals surface area contributed by atoms with Gasteiger partial charge in [-0.05, 0) is 39.5 Å². The van der Waals surface area contributed by atoms with E-state index < -0.39 is 0 Å². The van der Waals surface area contributed by atoms with Gasteiger partial charge in [0.25, 0.3) is 0 Å². The summed E-state index contributed by atoms with van der Waals surface area (Å²) in [4.78, 5) is 0. The number of halogens is 2. The van der Waals surface area contributed by atoms with E-state index in [9.17, 15) is 0 Å². The molecule has 116 valence electrons. The van der Waals surface area contributed by atoms with Gasteiger partial charge in [0.05, 0.1) is 0 Å². The van der Waals surface area contributed by atoms with Gasteiger partial charge in [-0.25, -0.2) is 0 Å². The summed E-state index contributed by atoms with van der Waals surface area (Å²) in [5.41, 5.74) is 0. The highest BCUT2D eigenvalue weighted by molar-refractivity contribution is 6.20. The normalized spacial score (nSPS) is 14.5. The van der Waals surface area contributed by atoms with E-state index >= 15 is 0 Å². The smallest absolute Gasteiger partial charge is 0.0480 e. The lowest BCUT2D eigenvalue weighted by Crippen LogP contribution is -2.11. The lowest BCUT2D eigenvalue weighted by Gasteiger charge is -2.11. The molecule has 0 bridgehead atoms. The molecule has 0 aliphatic carbocycles. The summed E-state index contributed by atoms with van der Waals surface area (Å²) >= 11 is 12.3. The molecule has 0 saturated carbocycles. The van der Waals surface area contributed by atoms with Gasteiger partial charge in [-0.2, -0.15) is 0 Å². The second kappa shape index (κ2) is 14.9. The molecule has 0 aliphatic heterocycles. The van der Waals surface area contributed by atoms with Gasteiger partial charge in [-0.3, -0.25) is 0 Å². The minimum Gasteiger partial charge on any atom is -0.382 e. The van der Waals surface area contributed by atoms with Crippen LogP contribution in [0.15, 0.2) is 0 Å². The van der Waals surface area contributed by atoms with Crippen LogP contribution in [0.2, 0.25) is 0 Å². The van der Waals surface area contributed by atoms with Crippen LogP contribution in [0.4, 0.5) is 0 Å². The number of hydrogen-bond acceptors (Lipinski definition) is 3. The fraction of sp³-hybridized carbons (Fsp3) is 1.00. The maximum atomic E-state index is 6.14. The first kappa shape index (κ1) is 19.5. The summed E-state index contributed by atoms with van der Waals surface area (Å²) in [6.07, 6.45) is 3.48. The van der Waals surface area contributed by atoms with Crippen molar-refractivity contribution in [2.75, 3.05) is 39.6 Å². The van der Waals surface area contributed by atoms with Gasteiger partial charge in [0.2, 0.25) is 0 Å². The Bertz CT molecular complexity index is 164. The zero-order valence-corrected chi connectivity index (χ0v) is 13.7. The largest absolute Gasteiger partial charge is 0.382 e. The second-order valence-corrected chi connectivity index (χ2v) is 5.59. The van der Waals surface area contributed by atoms with Crippen LogP contribution in [0, 0.1) is 0 Å². The zero-order valence-electron chi connectivity index (χ0n) is 12.2. The van der Waals surface area contributed by atoms with Crippen molar-refractivity contribution in [2.24, 2.45) is 0 Å². The van der Waals surface area contributed by atoms with Crippen LogP contribution in [-0.4, -0.2) is 50.4 Å². The monoisotopic (exact) mass is 314 g/mol. The summed E-state index contributed by atoms with van der Waals surface area (Å²) in [5.74, 6) is 0. The molecule has 0 aromatic rings. The number of rotatable bonds is 14. The fourth-order valence-electron chi connectivity index (χ4n) is 1.52. The van der Waals surface area contributed by atoms with Crippen molar-refractivity contribution in [1.29, 1.82) is 0 Å². The third kappa shape index (κ3) is 14.7. The highest BCUT2D eigenvalue weighted by Crippen LogP contribution is 2.10. The van der Waals surface area contributed by atoms with E-state index in [2.05, 4.69) is 0 Å². The first-order chi connectivity index (χ1) is 9.20. The Hall–Kier alpha value is 0.460. The molecule has 2 unspecified atom stereocenters. The standard InChI is InChI=1S/C14H28Cl2O3/c1-3-17-9-5-13(15)7-11-19-12-8-14(16)6-10-18-4-2/h13-14H,3-12H2,1-2H3. The third-order valence-corrected chi connectivity index (χ3v) is 3.58. The lowest BCUT2D eigenvalue weighted by atomic mass is 10.2. The molecule has 0 aromatic heterocycles. The van der Waals surface area contributed by atoms with Gasteiger partial charge in [0.1, 0.15) is 0 Å². The van der Waals surface area contributed by atoms with E-state index in [1.807, 2.05) is 13.8 Å². The first-order valence-electron chi connectivity index (χ1n) is 7.22. The van der Waals surface area contributed by atoms with Crippen LogP contribution in [0.3, 0.4) is 0 Å². The Kier molecular flexibility index (Phi) is 15.2. The maximum Gasteiger partial charge on any atom is 0.0480 e. The topological polar surface area (TPSA) is 27.7 Å². The number of hydrogen-bond donors (Lipinski definition) is 0. The Morgan fingerprint density at radius 2 is 0.947 bits per heavy atom. The number of ether oxygens (including phenoxy) is 3. The quantitative estimate of drug-likeness (QED) is 0.360. The fourth-order valence-corrected chi connectivity index (χ4v) is 1.88. The first-order valence-corrected chi connectivity index (χ1v) is 8.09. The highest BCUT2D eigenvalue weighted by atomic mass is 35.5. The molecule has 0 rings (SSSR count). The van der Waals surface area contributed by atoms with Crippen molar-refractivity contribution in [1.82, 2.24) is 0 Å². The van der Waals surface area contributed by atoms with Crippen LogP contribution in [0.5, 0.6) is 0 Å². The molecule has 19 heavy (non-hydrogen) atoms. The Morgan fingerprint density at radius 3 is 1.26 bits per heavy atom. The third-order valence-electron chi connectivity index (χ3n) is 2.71. The summed E-state index contributed by atoms with van der Waals surface area (Å²) in [5, 5.41) is 0.271. The number of alkyl halides is 2. The summed E-state index contributed by atoms with van der Waals surface area (Å²) in [6, 6.07) is 0. The Labute approximate surface area is 127 Å². The van der Waals surface area contributed by atoms with E-state index in [1.54, 1.807) is 0 Å². The van der Waals surface area contributed by atoms with Crippen LogP contribution in [0.1, 0.15) is 39.5 Å². The SMILES string of the molecule is CCOCCC(Cl)CCOCCC(Cl)CCOCC. The Balaban J connectivity index is 3.24. The predicted octanol–water partition coefficient (Wildman–Crippen LogP) is 3.85. The molecular formula is C14H28Cl2O3. The zero-order chi connectivity index (χ0) is 14.3. The molecule has 0 saturated heterocycles. The molecule has 0 spiro atoms. The van der Waals surface area contributed by atoms with Crippen molar-refractivity contribution < 1.29 is 14.2 Å². The average molecular weight is 315 g/mol. The summed E-state index contributed by atoms with van der Waals surface area (Å²) in [7, 11) is 0. The second-order valence-electron chi connectivity index (χ2n) is 4.36. The van der Waals surface area contributed by atoms with Gasteiger partial charge in [0, 0.05) is 50.4 Å². The minimum absolute atomic E-state index is 0.135. The molecule has 0 heterocycles. The minimum atomic E-state index is 0.135. The summed E-state index contributed by atoms with van der Waals surface area (Å²) in [6.45, 7) is 8.31. The van der Waals surface area contributed by atoms with Gasteiger partial charge in [0.15, 0.2) is 0 Å². The summed E-state index contributed by atoms with van der Waals surface area (Å²) < 4.78 is 16.0. The van der Waals surface area contributed by atoms with Gasteiger partial charge >= 0.3 is 0 Å². The van der Waals surface area contributed by atoms with Crippen LogP contribution < -0.4 is 0 Å². The molecule has 0 aromatic carbocycles. The molecule has 0 fully saturated rings. The van der Waals surface area contributed by atoms with Crippen molar-refractivity contribution in [3.05, 3.63) is 0 Å². The molecule has 0 aliphatic rings. The van der Waals surface area contributed by atoms with Gasteiger partial charge in [-0.1, -0.05) is 0 Å². The van der Waals surface area contributed by atoms with E-state index in [0.29, 0.717) is 13.2 Å². The van der Waals surface area contributed by atoms with Crippen LogP contribution >= 0.6 is 23.2 Å². The molecule has 0 radical (unpaired) electrons. The van der Waals surface area contributed by atoms with Crippen molar-refractivity contribution >= 4 is 23.2 Å². The average Bonchev–Trinajstić information content (AvgIpc) is 2.39. The van der Waals surface area contributed by atoms with Gasteiger partial charge in [-0.15, -0.1) is 23.2 Å². The highest BCUT2D eigenvalue weighted by Gasteiger charge is 2.06. The predicted molar refractivity (Wildman–Crippen MR) is 81.6 cm³/mol. The van der Waals surface area contributed by atoms with Crippen molar-refractivity contribution in [3.8, 4) is 0 Å². The molecule has 5 heteroatoms. The van der Waals surface area contributed by atoms with E-state index in [4.69, 9.17) is 37.4 Å². The van der Waals surface area contributed by atoms with Crippen LogP contribution in [-0.2, 0) is 14.2 Å². The molecule has 2 atom stereocenters. The van der Waals surface area contributed by atoms with E-state index in [0.717, 1.165) is 52.1 Å². The molecule has 3 nitrogen and oxygen atoms in total. The van der Waals surface area contributed by atoms with Crippen molar-refractivity contribution in [2.45, 2.75) is 50.3 Å². The van der Waals surface area contributed by atoms with Crippen LogP contribution in [0.25, 0.3) is 0 Å². The Morgan fingerprint density at radius 1 is 0.632 bits per heavy atom. The molecule has 0 N–H and O–H groups in total.